The Morgan fingerprint density at radius 2 is 2.00 bits per heavy atom. The molecule has 0 unspecified atom stereocenters. The maximum atomic E-state index is 5.00. The second kappa shape index (κ2) is 5.89. The highest BCUT2D eigenvalue weighted by molar-refractivity contribution is 9.09. The summed E-state index contributed by atoms with van der Waals surface area (Å²) < 4.78 is 10.0. The van der Waals surface area contributed by atoms with Gasteiger partial charge < -0.3 is 9.47 Å². The van der Waals surface area contributed by atoms with Gasteiger partial charge in [0.15, 0.2) is 6.29 Å². The standard InChI is InChI=1S/C7H13BrO2/c1-6(4-5-8)7(9-2)10-3/h4,7H,5H2,1-3H3/b6-4+. The molecule has 0 N–H and O–H groups in total. The van der Waals surface area contributed by atoms with Gasteiger partial charge >= 0.3 is 0 Å². The molecule has 2 nitrogen and oxygen atoms in total. The van der Waals surface area contributed by atoms with Gasteiger partial charge in [0.1, 0.15) is 0 Å². The van der Waals surface area contributed by atoms with Crippen LogP contribution in [0.3, 0.4) is 0 Å². The van der Waals surface area contributed by atoms with Gasteiger partial charge in [0.05, 0.1) is 0 Å². The van der Waals surface area contributed by atoms with Gasteiger partial charge in [0.25, 0.3) is 0 Å². The van der Waals surface area contributed by atoms with Crippen molar-refractivity contribution < 1.29 is 9.47 Å². The SMILES string of the molecule is COC(OC)/C(C)=C/CBr. The number of methoxy groups -OCH3 is 2. The zero-order valence-corrected chi connectivity index (χ0v) is 8.14. The van der Waals surface area contributed by atoms with E-state index < -0.39 is 0 Å². The lowest BCUT2D eigenvalue weighted by atomic mass is 10.3. The van der Waals surface area contributed by atoms with E-state index in [1.54, 1.807) is 14.2 Å². The summed E-state index contributed by atoms with van der Waals surface area (Å²) >= 11 is 3.29. The van der Waals surface area contributed by atoms with Crippen molar-refractivity contribution >= 4 is 15.9 Å². The van der Waals surface area contributed by atoms with Crippen molar-refractivity contribution in [2.24, 2.45) is 0 Å². The Kier molecular flexibility index (Phi) is 5.97. The molecule has 0 radical (unpaired) electrons. The molecule has 0 atom stereocenters. The molecule has 0 aliphatic carbocycles. The average molecular weight is 209 g/mol. The molecule has 0 aromatic heterocycles. The fourth-order valence-electron chi connectivity index (χ4n) is 0.686. The molecule has 0 fully saturated rings. The van der Waals surface area contributed by atoms with Crippen LogP contribution in [0, 0.1) is 0 Å². The van der Waals surface area contributed by atoms with Crippen molar-refractivity contribution in [1.82, 2.24) is 0 Å². The van der Waals surface area contributed by atoms with Gasteiger partial charge in [0.2, 0.25) is 0 Å². The number of alkyl halides is 1. The van der Waals surface area contributed by atoms with E-state index in [-0.39, 0.29) is 6.29 Å². The number of allylic oxidation sites excluding steroid dienone is 1. The van der Waals surface area contributed by atoms with Crippen LogP contribution in [0.1, 0.15) is 6.92 Å². The summed E-state index contributed by atoms with van der Waals surface area (Å²) in [6, 6.07) is 0. The Morgan fingerprint density at radius 3 is 2.30 bits per heavy atom. The number of hydrogen-bond acceptors (Lipinski definition) is 2. The van der Waals surface area contributed by atoms with E-state index in [0.29, 0.717) is 0 Å². The largest absolute Gasteiger partial charge is 0.352 e. The van der Waals surface area contributed by atoms with Gasteiger partial charge in [0, 0.05) is 19.5 Å². The van der Waals surface area contributed by atoms with Crippen LogP contribution in [0.25, 0.3) is 0 Å². The lowest BCUT2D eigenvalue weighted by Crippen LogP contribution is -2.14. The monoisotopic (exact) mass is 208 g/mol. The Labute approximate surface area is 70.3 Å². The average Bonchev–Trinajstić information content (AvgIpc) is 1.91. The molecule has 0 rings (SSSR count). The van der Waals surface area contributed by atoms with Crippen LogP contribution in [-0.4, -0.2) is 25.8 Å². The highest BCUT2D eigenvalue weighted by Gasteiger charge is 2.05. The van der Waals surface area contributed by atoms with E-state index in [2.05, 4.69) is 15.9 Å². The minimum Gasteiger partial charge on any atom is -0.352 e. The number of halogens is 1. The molecule has 60 valence electrons. The third-order valence-electron chi connectivity index (χ3n) is 1.20. The summed E-state index contributed by atoms with van der Waals surface area (Å²) in [5.74, 6) is 0. The Morgan fingerprint density at radius 1 is 1.50 bits per heavy atom. The van der Waals surface area contributed by atoms with Crippen LogP contribution >= 0.6 is 15.9 Å². The minimum atomic E-state index is -0.197. The number of rotatable bonds is 4. The molecular formula is C7H13BrO2. The molecule has 3 heteroatoms. The summed E-state index contributed by atoms with van der Waals surface area (Å²) in [7, 11) is 3.25. The molecule has 10 heavy (non-hydrogen) atoms. The first kappa shape index (κ1) is 10.1. The molecular weight excluding hydrogens is 196 g/mol. The Hall–Kier alpha value is 0.140. The topological polar surface area (TPSA) is 18.5 Å². The maximum absolute atomic E-state index is 5.00. The van der Waals surface area contributed by atoms with Gasteiger partial charge in [-0.1, -0.05) is 22.0 Å². The summed E-state index contributed by atoms with van der Waals surface area (Å²) in [4.78, 5) is 0. The van der Waals surface area contributed by atoms with Crippen molar-refractivity contribution in [1.29, 1.82) is 0 Å². The normalized spacial score (nSPS) is 12.7. The number of ether oxygens (including phenoxy) is 2. The third-order valence-corrected chi connectivity index (χ3v) is 1.52. The quantitative estimate of drug-likeness (QED) is 0.400. The van der Waals surface area contributed by atoms with Crippen molar-refractivity contribution in [3.63, 3.8) is 0 Å². The van der Waals surface area contributed by atoms with Gasteiger partial charge in [-0.25, -0.2) is 0 Å². The van der Waals surface area contributed by atoms with Crippen LogP contribution in [-0.2, 0) is 9.47 Å². The van der Waals surface area contributed by atoms with Crippen LogP contribution < -0.4 is 0 Å². The van der Waals surface area contributed by atoms with Gasteiger partial charge in [-0.05, 0) is 12.5 Å². The van der Waals surface area contributed by atoms with Crippen molar-refractivity contribution in [3.8, 4) is 0 Å². The maximum Gasteiger partial charge on any atom is 0.178 e. The van der Waals surface area contributed by atoms with Gasteiger partial charge in [-0.3, -0.25) is 0 Å². The van der Waals surface area contributed by atoms with Crippen molar-refractivity contribution in [2.75, 3.05) is 19.5 Å². The lowest BCUT2D eigenvalue weighted by Gasteiger charge is -2.12. The molecule has 0 aromatic rings. The summed E-state index contributed by atoms with van der Waals surface area (Å²) in [6.07, 6.45) is 1.81. The number of hydrogen-bond donors (Lipinski definition) is 0. The van der Waals surface area contributed by atoms with Gasteiger partial charge in [-0.2, -0.15) is 0 Å². The van der Waals surface area contributed by atoms with Crippen LogP contribution in [0.2, 0.25) is 0 Å². The highest BCUT2D eigenvalue weighted by Crippen LogP contribution is 2.05. The van der Waals surface area contributed by atoms with E-state index in [1.807, 2.05) is 13.0 Å². The molecule has 0 saturated carbocycles. The second-order valence-corrected chi connectivity index (χ2v) is 2.55. The van der Waals surface area contributed by atoms with E-state index in [9.17, 15) is 0 Å². The first-order chi connectivity index (χ1) is 4.76. The smallest absolute Gasteiger partial charge is 0.178 e. The predicted octanol–water partition coefficient (Wildman–Crippen LogP) is 1.95. The fraction of sp³-hybridized carbons (Fsp3) is 0.714. The zero-order valence-electron chi connectivity index (χ0n) is 6.56. The highest BCUT2D eigenvalue weighted by atomic mass is 79.9. The molecule has 0 saturated heterocycles. The summed E-state index contributed by atoms with van der Waals surface area (Å²) in [6.45, 7) is 1.97. The molecule has 0 amide bonds. The minimum absolute atomic E-state index is 0.197. The zero-order chi connectivity index (χ0) is 7.98. The first-order valence-corrected chi connectivity index (χ1v) is 4.16. The molecule has 0 heterocycles. The second-order valence-electron chi connectivity index (χ2n) is 1.91. The Bertz CT molecular complexity index is 108. The molecule has 0 aromatic carbocycles. The van der Waals surface area contributed by atoms with Gasteiger partial charge in [-0.15, -0.1) is 0 Å². The van der Waals surface area contributed by atoms with Crippen molar-refractivity contribution in [3.05, 3.63) is 11.6 Å². The Balaban J connectivity index is 3.87. The van der Waals surface area contributed by atoms with Crippen LogP contribution in [0.15, 0.2) is 11.6 Å². The summed E-state index contributed by atoms with van der Waals surface area (Å²) in [5, 5.41) is 0.835. The fourth-order valence-corrected chi connectivity index (χ4v) is 1.20. The lowest BCUT2D eigenvalue weighted by molar-refractivity contribution is -0.0747. The molecule has 0 bridgehead atoms. The van der Waals surface area contributed by atoms with E-state index in [4.69, 9.17) is 9.47 Å². The molecule has 0 aliphatic heterocycles. The molecule has 0 spiro atoms. The predicted molar refractivity (Wildman–Crippen MR) is 45.4 cm³/mol. The third kappa shape index (κ3) is 3.34. The van der Waals surface area contributed by atoms with Crippen LogP contribution in [0.4, 0.5) is 0 Å². The van der Waals surface area contributed by atoms with E-state index >= 15 is 0 Å². The van der Waals surface area contributed by atoms with E-state index in [0.717, 1.165) is 10.9 Å². The van der Waals surface area contributed by atoms with E-state index in [1.165, 1.54) is 0 Å². The van der Waals surface area contributed by atoms with Crippen LogP contribution in [0.5, 0.6) is 0 Å². The van der Waals surface area contributed by atoms with Crippen molar-refractivity contribution in [2.45, 2.75) is 13.2 Å². The molecule has 0 aliphatic rings. The summed E-state index contributed by atoms with van der Waals surface area (Å²) in [5.41, 5.74) is 1.09. The first-order valence-electron chi connectivity index (χ1n) is 3.04.